The second-order valence-corrected chi connectivity index (χ2v) is 9.79. The minimum absolute atomic E-state index is 0.838. The highest BCUT2D eigenvalue weighted by molar-refractivity contribution is 5.05. The number of aromatic nitrogens is 12. The first kappa shape index (κ1) is 33.9. The summed E-state index contributed by atoms with van der Waals surface area (Å²) in [7, 11) is 9.71. The van der Waals surface area contributed by atoms with Gasteiger partial charge in [0.15, 0.2) is 0 Å². The van der Waals surface area contributed by atoms with Crippen LogP contribution < -0.4 is 0 Å². The molecule has 0 aliphatic heterocycles. The van der Waals surface area contributed by atoms with Crippen LogP contribution in [0, 0.1) is 69.2 Å². The van der Waals surface area contributed by atoms with Gasteiger partial charge in [-0.3, -0.25) is 14.0 Å². The molecule has 0 aliphatic carbocycles. The maximum atomic E-state index is 4.17. The summed E-state index contributed by atoms with van der Waals surface area (Å²) in [5.74, 6) is 5.74. The molecule has 0 unspecified atom stereocenters. The van der Waals surface area contributed by atoms with Crippen molar-refractivity contribution < 1.29 is 0 Å². The summed E-state index contributed by atoms with van der Waals surface area (Å²) >= 11 is 0. The molecule has 0 fully saturated rings. The van der Waals surface area contributed by atoms with Crippen molar-refractivity contribution in [2.24, 2.45) is 35.2 Å². The monoisotopic (exact) mass is 552 g/mol. The van der Waals surface area contributed by atoms with Gasteiger partial charge in [-0.1, -0.05) is 0 Å². The Balaban J connectivity index is 0.000000250. The summed E-state index contributed by atoms with van der Waals surface area (Å²) < 4.78 is 9.41. The van der Waals surface area contributed by atoms with Gasteiger partial charge in [0.1, 0.15) is 34.9 Å². The minimum atomic E-state index is 0.838. The average molecular weight is 553 g/mol. The molecule has 5 heterocycles. The van der Waals surface area contributed by atoms with Crippen LogP contribution in [0.5, 0.6) is 0 Å². The van der Waals surface area contributed by atoms with Crippen molar-refractivity contribution in [3.63, 3.8) is 0 Å². The van der Waals surface area contributed by atoms with E-state index < -0.39 is 0 Å². The molecule has 0 spiro atoms. The Morgan fingerprint density at radius 1 is 0.425 bits per heavy atom. The number of hydrogen-bond acceptors (Lipinski definition) is 7. The number of imidazole rings is 2. The second-order valence-electron chi connectivity index (χ2n) is 9.79. The predicted octanol–water partition coefficient (Wildman–Crippen LogP) is 3.97. The first-order valence-corrected chi connectivity index (χ1v) is 13.1. The van der Waals surface area contributed by atoms with Crippen LogP contribution in [0.3, 0.4) is 0 Å². The van der Waals surface area contributed by atoms with E-state index in [4.69, 9.17) is 0 Å². The number of aryl methyl sites for hydroxylation is 15. The van der Waals surface area contributed by atoms with Gasteiger partial charge in [0.05, 0.1) is 17.1 Å². The molecule has 0 amide bonds. The summed E-state index contributed by atoms with van der Waals surface area (Å²) in [5.41, 5.74) is 4.47. The molecular weight excluding hydrogens is 504 g/mol. The number of nitrogens with zero attached hydrogens (tertiary/aromatic N) is 12. The van der Waals surface area contributed by atoms with Crippen molar-refractivity contribution in [3.05, 3.63) is 76.2 Å². The Hall–Kier alpha value is -4.09. The number of rotatable bonds is 0. The molecule has 5 aromatic heterocycles. The van der Waals surface area contributed by atoms with E-state index in [9.17, 15) is 0 Å². The van der Waals surface area contributed by atoms with Crippen molar-refractivity contribution in [1.29, 1.82) is 0 Å². The van der Waals surface area contributed by atoms with E-state index in [-0.39, 0.29) is 0 Å². The average Bonchev–Trinajstić information content (AvgIpc) is 3.56. The molecule has 0 saturated carbocycles. The van der Waals surface area contributed by atoms with E-state index in [0.717, 1.165) is 52.0 Å². The third-order valence-electron chi connectivity index (χ3n) is 5.87. The summed E-state index contributed by atoms with van der Waals surface area (Å²) in [4.78, 5) is 16.5. The van der Waals surface area contributed by atoms with Crippen LogP contribution >= 0.6 is 0 Å². The van der Waals surface area contributed by atoms with Gasteiger partial charge in [-0.25, -0.2) is 19.9 Å². The lowest BCUT2D eigenvalue weighted by atomic mass is 10.4. The van der Waals surface area contributed by atoms with Crippen molar-refractivity contribution in [2.45, 2.75) is 69.2 Å². The second kappa shape index (κ2) is 15.5. The summed E-state index contributed by atoms with van der Waals surface area (Å²) in [5, 5.41) is 12.2. The molecule has 0 bridgehead atoms. The third kappa shape index (κ3) is 11.7. The van der Waals surface area contributed by atoms with Crippen molar-refractivity contribution >= 4 is 0 Å². The molecule has 0 saturated heterocycles. The van der Waals surface area contributed by atoms with Crippen molar-refractivity contribution in [2.75, 3.05) is 0 Å². The van der Waals surface area contributed by atoms with Gasteiger partial charge in [0.25, 0.3) is 0 Å². The fourth-order valence-electron chi connectivity index (χ4n) is 3.45. The first-order valence-electron chi connectivity index (χ1n) is 13.1. The van der Waals surface area contributed by atoms with Gasteiger partial charge < -0.3 is 9.13 Å². The fraction of sp³-hybridized carbons (Fsp3) is 0.536. The summed E-state index contributed by atoms with van der Waals surface area (Å²) in [6, 6.07) is 2.06. The van der Waals surface area contributed by atoms with Gasteiger partial charge >= 0.3 is 0 Å². The van der Waals surface area contributed by atoms with Crippen molar-refractivity contribution in [3.8, 4) is 0 Å². The van der Waals surface area contributed by atoms with E-state index >= 15 is 0 Å². The van der Waals surface area contributed by atoms with Crippen LogP contribution in [0.25, 0.3) is 0 Å². The van der Waals surface area contributed by atoms with Gasteiger partial charge in [-0.05, 0) is 75.3 Å². The molecule has 220 valence electrons. The molecule has 5 rings (SSSR count). The zero-order valence-corrected chi connectivity index (χ0v) is 27.1. The zero-order chi connectivity index (χ0) is 30.7. The molecule has 0 radical (unpaired) electrons. The van der Waals surface area contributed by atoms with E-state index in [1.807, 2.05) is 131 Å². The zero-order valence-electron chi connectivity index (χ0n) is 27.1. The SMILES string of the molecule is Cc1cc(C)n(C)n1.Cc1cn(C)c(C)n1.Cc1cn(C)c(C)n1.Cc1nc(C)n(C)n1.Cc1nc(C)n(C)n1. The molecule has 0 N–H and O–H groups in total. The quantitative estimate of drug-likeness (QED) is 0.285. The Morgan fingerprint density at radius 2 is 0.800 bits per heavy atom. The molecule has 0 aromatic carbocycles. The minimum Gasteiger partial charge on any atom is -0.338 e. The topological polar surface area (TPSA) is 115 Å². The molecule has 12 nitrogen and oxygen atoms in total. The van der Waals surface area contributed by atoms with Crippen LogP contribution in [0.2, 0.25) is 0 Å². The largest absolute Gasteiger partial charge is 0.338 e. The lowest BCUT2D eigenvalue weighted by molar-refractivity contribution is 0.728. The van der Waals surface area contributed by atoms with Gasteiger partial charge in [-0.15, -0.1) is 0 Å². The summed E-state index contributed by atoms with van der Waals surface area (Å²) in [6.07, 6.45) is 4.02. The fourth-order valence-corrected chi connectivity index (χ4v) is 3.45. The smallest absolute Gasteiger partial charge is 0.147 e. The van der Waals surface area contributed by atoms with Crippen LogP contribution in [0.15, 0.2) is 18.5 Å². The van der Waals surface area contributed by atoms with Crippen LogP contribution in [0.1, 0.15) is 57.7 Å². The maximum Gasteiger partial charge on any atom is 0.147 e. The lowest BCUT2D eigenvalue weighted by Crippen LogP contribution is -1.92. The number of hydrogen-bond donors (Lipinski definition) is 0. The van der Waals surface area contributed by atoms with E-state index in [1.54, 1.807) is 9.36 Å². The van der Waals surface area contributed by atoms with Crippen molar-refractivity contribution in [1.82, 2.24) is 58.4 Å². The van der Waals surface area contributed by atoms with Crippen LogP contribution in [-0.4, -0.2) is 58.4 Å². The van der Waals surface area contributed by atoms with Gasteiger partial charge in [0.2, 0.25) is 0 Å². The standard InChI is InChI=1S/3C6H10N2.2C5H9N3/c2*1-5-4-8(3)6(2)7-5;1-5-4-6(2)8(3)7-5;2*1-4-6-5(2)8(3)7-4/h3*4H,1-3H3;2*1-3H3. The first-order chi connectivity index (χ1) is 18.5. The highest BCUT2D eigenvalue weighted by Crippen LogP contribution is 1.98. The molecule has 12 heteroatoms. The van der Waals surface area contributed by atoms with Gasteiger partial charge in [-0.2, -0.15) is 15.3 Å². The maximum absolute atomic E-state index is 4.17. The Bertz CT molecular complexity index is 1100. The Kier molecular flexibility index (Phi) is 13.1. The highest BCUT2D eigenvalue weighted by atomic mass is 15.3. The third-order valence-corrected chi connectivity index (χ3v) is 5.87. The molecule has 0 atom stereocenters. The Morgan fingerprint density at radius 3 is 0.875 bits per heavy atom. The molecular formula is C28H48N12. The van der Waals surface area contributed by atoms with E-state index in [1.165, 1.54) is 5.69 Å². The van der Waals surface area contributed by atoms with Gasteiger partial charge in [0, 0.05) is 53.3 Å². The van der Waals surface area contributed by atoms with E-state index in [0.29, 0.717) is 0 Å². The summed E-state index contributed by atoms with van der Waals surface area (Å²) in [6.45, 7) is 19.6. The highest BCUT2D eigenvalue weighted by Gasteiger charge is 1.95. The Labute approximate surface area is 239 Å². The van der Waals surface area contributed by atoms with Crippen LogP contribution in [0.4, 0.5) is 0 Å². The molecule has 40 heavy (non-hydrogen) atoms. The van der Waals surface area contributed by atoms with Crippen LogP contribution in [-0.2, 0) is 35.2 Å². The lowest BCUT2D eigenvalue weighted by Gasteiger charge is -1.87. The molecule has 0 aliphatic rings. The van der Waals surface area contributed by atoms with E-state index in [2.05, 4.69) is 41.3 Å². The molecule has 5 aromatic rings. The predicted molar refractivity (Wildman–Crippen MR) is 159 cm³/mol. The normalized spacial score (nSPS) is 9.88.